The maximum atomic E-state index is 3.77. The summed E-state index contributed by atoms with van der Waals surface area (Å²) in [5.41, 5.74) is 0.525. The Morgan fingerprint density at radius 3 is 2.44 bits per heavy atom. The average Bonchev–Trinajstić information content (AvgIpc) is 3.16. The molecule has 1 aliphatic heterocycles. The second kappa shape index (κ2) is 4.30. The van der Waals surface area contributed by atoms with Gasteiger partial charge in [-0.05, 0) is 68.4 Å². The fourth-order valence-corrected chi connectivity index (χ4v) is 3.33. The van der Waals surface area contributed by atoms with Gasteiger partial charge in [-0.15, -0.1) is 0 Å². The first kappa shape index (κ1) is 11.0. The Bertz CT molecular complexity index is 225. The van der Waals surface area contributed by atoms with E-state index >= 15 is 0 Å². The van der Waals surface area contributed by atoms with E-state index in [1.54, 1.807) is 0 Å². The monoisotopic (exact) mass is 222 g/mol. The van der Waals surface area contributed by atoms with Gasteiger partial charge in [-0.2, -0.15) is 0 Å². The molecule has 3 fully saturated rings. The molecule has 1 atom stereocenters. The molecule has 1 heterocycles. The summed E-state index contributed by atoms with van der Waals surface area (Å²) in [4.78, 5) is 0. The molecule has 1 saturated heterocycles. The molecule has 0 aromatic carbocycles. The fourth-order valence-electron chi connectivity index (χ4n) is 3.33. The molecule has 92 valence electrons. The summed E-state index contributed by atoms with van der Waals surface area (Å²) >= 11 is 0. The summed E-state index contributed by atoms with van der Waals surface area (Å²) in [6, 6.07) is 0. The Morgan fingerprint density at radius 1 is 1.25 bits per heavy atom. The predicted molar refractivity (Wildman–Crippen MR) is 67.4 cm³/mol. The van der Waals surface area contributed by atoms with Gasteiger partial charge >= 0.3 is 0 Å². The van der Waals surface area contributed by atoms with Crippen molar-refractivity contribution in [2.75, 3.05) is 26.2 Å². The van der Waals surface area contributed by atoms with Crippen molar-refractivity contribution in [1.29, 1.82) is 0 Å². The highest BCUT2D eigenvalue weighted by Crippen LogP contribution is 2.48. The topological polar surface area (TPSA) is 24.1 Å². The zero-order chi connectivity index (χ0) is 11.0. The second-order valence-electron chi connectivity index (χ2n) is 6.71. The van der Waals surface area contributed by atoms with E-state index in [0.717, 1.165) is 17.8 Å². The van der Waals surface area contributed by atoms with Gasteiger partial charge in [0.05, 0.1) is 0 Å². The minimum absolute atomic E-state index is 0.525. The zero-order valence-corrected chi connectivity index (χ0v) is 10.6. The lowest BCUT2D eigenvalue weighted by atomic mass is 9.89. The van der Waals surface area contributed by atoms with Crippen LogP contribution in [0.1, 0.15) is 39.0 Å². The molecule has 3 aliphatic rings. The summed E-state index contributed by atoms with van der Waals surface area (Å²) in [5.74, 6) is 3.21. The molecule has 2 saturated carbocycles. The van der Waals surface area contributed by atoms with E-state index in [0.29, 0.717) is 5.41 Å². The van der Waals surface area contributed by atoms with Gasteiger partial charge in [-0.3, -0.25) is 0 Å². The second-order valence-corrected chi connectivity index (χ2v) is 6.71. The molecule has 0 spiro atoms. The number of hydrogen-bond acceptors (Lipinski definition) is 2. The lowest BCUT2D eigenvalue weighted by Gasteiger charge is -2.25. The van der Waals surface area contributed by atoms with E-state index in [1.165, 1.54) is 58.3 Å². The summed E-state index contributed by atoms with van der Waals surface area (Å²) in [6.07, 6.45) is 7.41. The van der Waals surface area contributed by atoms with E-state index in [4.69, 9.17) is 0 Å². The SMILES string of the molecule is CC1(CNCC(C2CC2)C2CC2)CCNC1. The summed E-state index contributed by atoms with van der Waals surface area (Å²) in [6.45, 7) is 7.36. The van der Waals surface area contributed by atoms with Crippen LogP contribution in [0.3, 0.4) is 0 Å². The maximum absolute atomic E-state index is 3.77. The normalized spacial score (nSPS) is 34.9. The van der Waals surface area contributed by atoms with Crippen LogP contribution in [-0.2, 0) is 0 Å². The highest BCUT2D eigenvalue weighted by Gasteiger charge is 2.41. The number of rotatable bonds is 6. The third-order valence-corrected chi connectivity index (χ3v) is 4.84. The van der Waals surface area contributed by atoms with E-state index in [-0.39, 0.29) is 0 Å². The highest BCUT2D eigenvalue weighted by atomic mass is 15.0. The van der Waals surface area contributed by atoms with E-state index in [2.05, 4.69) is 17.6 Å². The van der Waals surface area contributed by atoms with Crippen molar-refractivity contribution in [1.82, 2.24) is 10.6 Å². The molecular weight excluding hydrogens is 196 g/mol. The van der Waals surface area contributed by atoms with Crippen LogP contribution in [0.2, 0.25) is 0 Å². The van der Waals surface area contributed by atoms with Crippen LogP contribution in [0.5, 0.6) is 0 Å². The van der Waals surface area contributed by atoms with Crippen molar-refractivity contribution in [3.63, 3.8) is 0 Å². The molecular formula is C14H26N2. The molecule has 3 rings (SSSR count). The Hall–Kier alpha value is -0.0800. The van der Waals surface area contributed by atoms with Crippen molar-refractivity contribution in [3.8, 4) is 0 Å². The van der Waals surface area contributed by atoms with Gasteiger partial charge in [0.2, 0.25) is 0 Å². The van der Waals surface area contributed by atoms with Crippen LogP contribution >= 0.6 is 0 Å². The van der Waals surface area contributed by atoms with Crippen LogP contribution in [0.15, 0.2) is 0 Å². The molecule has 16 heavy (non-hydrogen) atoms. The van der Waals surface area contributed by atoms with Crippen molar-refractivity contribution in [3.05, 3.63) is 0 Å². The van der Waals surface area contributed by atoms with Crippen LogP contribution in [-0.4, -0.2) is 26.2 Å². The number of nitrogens with one attached hydrogen (secondary N) is 2. The van der Waals surface area contributed by atoms with E-state index < -0.39 is 0 Å². The van der Waals surface area contributed by atoms with Gasteiger partial charge in [0.1, 0.15) is 0 Å². The Labute approximate surface area is 99.6 Å². The molecule has 0 aromatic heterocycles. The standard InChI is InChI=1S/C14H26N2/c1-14(6-7-15-9-14)10-16-8-13(11-2-3-11)12-4-5-12/h11-13,15-16H,2-10H2,1H3. The summed E-state index contributed by atoms with van der Waals surface area (Å²) in [7, 11) is 0. The molecule has 2 heteroatoms. The van der Waals surface area contributed by atoms with Gasteiger partial charge in [-0.1, -0.05) is 6.92 Å². The fraction of sp³-hybridized carbons (Fsp3) is 1.00. The van der Waals surface area contributed by atoms with Crippen molar-refractivity contribution in [2.24, 2.45) is 23.2 Å². The predicted octanol–water partition coefficient (Wildman–Crippen LogP) is 2.01. The molecule has 2 aliphatic carbocycles. The van der Waals surface area contributed by atoms with E-state index in [9.17, 15) is 0 Å². The van der Waals surface area contributed by atoms with Crippen molar-refractivity contribution >= 4 is 0 Å². The minimum Gasteiger partial charge on any atom is -0.316 e. The largest absolute Gasteiger partial charge is 0.316 e. The van der Waals surface area contributed by atoms with Gasteiger partial charge in [0.25, 0.3) is 0 Å². The minimum atomic E-state index is 0.525. The van der Waals surface area contributed by atoms with Crippen molar-refractivity contribution in [2.45, 2.75) is 39.0 Å². The lowest BCUT2D eigenvalue weighted by molar-refractivity contribution is 0.305. The zero-order valence-electron chi connectivity index (χ0n) is 10.6. The highest BCUT2D eigenvalue weighted by molar-refractivity contribution is 4.93. The Balaban J connectivity index is 1.41. The maximum Gasteiger partial charge on any atom is 0.00179 e. The molecule has 0 aromatic rings. The van der Waals surface area contributed by atoms with E-state index in [1.807, 2.05) is 0 Å². The third kappa shape index (κ3) is 2.60. The summed E-state index contributed by atoms with van der Waals surface area (Å²) < 4.78 is 0. The van der Waals surface area contributed by atoms with Crippen LogP contribution in [0.4, 0.5) is 0 Å². The molecule has 0 amide bonds. The van der Waals surface area contributed by atoms with Crippen LogP contribution in [0, 0.1) is 23.2 Å². The average molecular weight is 222 g/mol. The van der Waals surface area contributed by atoms with Gasteiger partial charge in [-0.25, -0.2) is 0 Å². The summed E-state index contributed by atoms with van der Waals surface area (Å²) in [5, 5.41) is 7.25. The first-order chi connectivity index (χ1) is 7.77. The third-order valence-electron chi connectivity index (χ3n) is 4.84. The molecule has 2 N–H and O–H groups in total. The molecule has 0 radical (unpaired) electrons. The smallest absolute Gasteiger partial charge is 0.00179 e. The Morgan fingerprint density at radius 2 is 1.94 bits per heavy atom. The lowest BCUT2D eigenvalue weighted by Crippen LogP contribution is -2.36. The quantitative estimate of drug-likeness (QED) is 0.718. The van der Waals surface area contributed by atoms with Gasteiger partial charge < -0.3 is 10.6 Å². The van der Waals surface area contributed by atoms with Crippen molar-refractivity contribution < 1.29 is 0 Å². The van der Waals surface area contributed by atoms with Gasteiger partial charge in [0, 0.05) is 13.1 Å². The van der Waals surface area contributed by atoms with Crippen LogP contribution < -0.4 is 10.6 Å². The van der Waals surface area contributed by atoms with Crippen LogP contribution in [0.25, 0.3) is 0 Å². The van der Waals surface area contributed by atoms with Gasteiger partial charge in [0.15, 0.2) is 0 Å². The molecule has 1 unspecified atom stereocenters. The Kier molecular flexibility index (Phi) is 2.97. The molecule has 0 bridgehead atoms. The first-order valence-electron chi connectivity index (χ1n) is 7.18. The number of hydrogen-bond donors (Lipinski definition) is 2. The first-order valence-corrected chi connectivity index (χ1v) is 7.18. The molecule has 2 nitrogen and oxygen atoms in total.